The highest BCUT2D eigenvalue weighted by Gasteiger charge is 2.17. The second-order valence-corrected chi connectivity index (χ2v) is 8.56. The highest BCUT2D eigenvalue weighted by Crippen LogP contribution is 2.28. The van der Waals surface area contributed by atoms with Gasteiger partial charge in [0.25, 0.3) is 0 Å². The Morgan fingerprint density at radius 1 is 0.938 bits per heavy atom. The molecule has 0 aliphatic carbocycles. The number of nitrogens with zero attached hydrogens (tertiary/aromatic N) is 4. The van der Waals surface area contributed by atoms with Crippen molar-refractivity contribution in [2.45, 2.75) is 12.1 Å². The number of thioether (sulfide) groups is 1. The number of carbonyl (C=O) groups is 1. The maximum Gasteiger partial charge on any atom is 0.234 e. The van der Waals surface area contributed by atoms with Crippen LogP contribution in [-0.2, 0) is 4.79 Å². The van der Waals surface area contributed by atoms with E-state index in [-0.39, 0.29) is 11.7 Å². The molecule has 32 heavy (non-hydrogen) atoms. The summed E-state index contributed by atoms with van der Waals surface area (Å²) in [5, 5.41) is 12.4. The van der Waals surface area contributed by atoms with Crippen LogP contribution < -0.4 is 10.2 Å². The van der Waals surface area contributed by atoms with Crippen LogP contribution in [0.4, 0.5) is 11.4 Å². The third-order valence-electron chi connectivity index (χ3n) is 4.96. The first kappa shape index (κ1) is 21.6. The van der Waals surface area contributed by atoms with Crippen LogP contribution in [0, 0.1) is 6.92 Å². The molecule has 7 heteroatoms. The molecule has 1 heterocycles. The van der Waals surface area contributed by atoms with E-state index in [0.29, 0.717) is 5.16 Å². The summed E-state index contributed by atoms with van der Waals surface area (Å²) in [5.41, 5.74) is 4.96. The highest BCUT2D eigenvalue weighted by atomic mass is 32.2. The van der Waals surface area contributed by atoms with Crippen molar-refractivity contribution in [2.75, 3.05) is 30.1 Å². The zero-order valence-electron chi connectivity index (χ0n) is 18.3. The average molecular weight is 444 g/mol. The monoisotopic (exact) mass is 443 g/mol. The molecular formula is C25H25N5OS. The lowest BCUT2D eigenvalue weighted by Gasteiger charge is -2.13. The first-order chi connectivity index (χ1) is 15.5. The van der Waals surface area contributed by atoms with Gasteiger partial charge in [0, 0.05) is 36.7 Å². The fourth-order valence-electron chi connectivity index (χ4n) is 3.23. The maximum atomic E-state index is 12.6. The van der Waals surface area contributed by atoms with Gasteiger partial charge in [0.15, 0.2) is 11.0 Å². The van der Waals surface area contributed by atoms with E-state index in [4.69, 9.17) is 0 Å². The molecular weight excluding hydrogens is 418 g/mol. The van der Waals surface area contributed by atoms with Gasteiger partial charge in [-0.05, 0) is 43.3 Å². The standard InChI is InChI=1S/C25H25N5OS/c1-18-9-13-22(14-10-18)30-24(19-7-5-4-6-8-19)27-28-25(30)32-17-23(31)26-20-11-15-21(16-12-20)29(2)3/h4-16H,17H2,1-3H3,(H,26,31). The summed E-state index contributed by atoms with van der Waals surface area (Å²) in [4.78, 5) is 14.6. The number of amides is 1. The molecule has 0 atom stereocenters. The zero-order chi connectivity index (χ0) is 22.5. The third-order valence-corrected chi connectivity index (χ3v) is 5.89. The Labute approximate surface area is 192 Å². The number of rotatable bonds is 7. The molecule has 0 unspecified atom stereocenters. The molecule has 0 aliphatic heterocycles. The molecule has 1 N–H and O–H groups in total. The first-order valence-corrected chi connectivity index (χ1v) is 11.3. The molecule has 0 aliphatic rings. The summed E-state index contributed by atoms with van der Waals surface area (Å²) >= 11 is 1.37. The van der Waals surface area contributed by atoms with Gasteiger partial charge in [-0.3, -0.25) is 9.36 Å². The molecule has 0 saturated heterocycles. The summed E-state index contributed by atoms with van der Waals surface area (Å²) in [5.74, 6) is 0.887. The lowest BCUT2D eigenvalue weighted by molar-refractivity contribution is -0.113. The van der Waals surface area contributed by atoms with Gasteiger partial charge >= 0.3 is 0 Å². The number of hydrogen-bond acceptors (Lipinski definition) is 5. The minimum absolute atomic E-state index is 0.0904. The van der Waals surface area contributed by atoms with E-state index in [2.05, 4.69) is 34.6 Å². The fourth-order valence-corrected chi connectivity index (χ4v) is 3.99. The summed E-state index contributed by atoms with van der Waals surface area (Å²) in [6.45, 7) is 2.05. The van der Waals surface area contributed by atoms with Crippen LogP contribution >= 0.6 is 11.8 Å². The average Bonchev–Trinajstić information content (AvgIpc) is 3.23. The van der Waals surface area contributed by atoms with E-state index in [1.807, 2.05) is 90.3 Å². The molecule has 4 aromatic rings. The lowest BCUT2D eigenvalue weighted by atomic mass is 10.2. The largest absolute Gasteiger partial charge is 0.378 e. The molecule has 162 valence electrons. The molecule has 6 nitrogen and oxygen atoms in total. The third kappa shape index (κ3) is 5.00. The van der Waals surface area contributed by atoms with Crippen molar-refractivity contribution in [3.8, 4) is 17.1 Å². The predicted octanol–water partition coefficient (Wildman–Crippen LogP) is 5.04. The second kappa shape index (κ2) is 9.70. The topological polar surface area (TPSA) is 63.1 Å². The number of aryl methyl sites for hydroxylation is 1. The van der Waals surface area contributed by atoms with Crippen molar-refractivity contribution in [2.24, 2.45) is 0 Å². The Morgan fingerprint density at radius 2 is 1.62 bits per heavy atom. The summed E-state index contributed by atoms with van der Waals surface area (Å²) in [6.07, 6.45) is 0. The van der Waals surface area contributed by atoms with Crippen LogP contribution in [-0.4, -0.2) is 40.5 Å². The zero-order valence-corrected chi connectivity index (χ0v) is 19.1. The van der Waals surface area contributed by atoms with E-state index < -0.39 is 0 Å². The van der Waals surface area contributed by atoms with Gasteiger partial charge in [0.1, 0.15) is 0 Å². The summed E-state index contributed by atoms with van der Waals surface area (Å²) in [6, 6.07) is 25.9. The van der Waals surface area contributed by atoms with Crippen molar-refractivity contribution in [3.05, 3.63) is 84.4 Å². The Balaban J connectivity index is 1.53. The van der Waals surface area contributed by atoms with Crippen LogP contribution in [0.25, 0.3) is 17.1 Å². The Hall–Kier alpha value is -3.58. The molecule has 0 saturated carbocycles. The number of nitrogens with one attached hydrogen (secondary N) is 1. The van der Waals surface area contributed by atoms with Crippen molar-refractivity contribution in [1.82, 2.24) is 14.8 Å². The summed E-state index contributed by atoms with van der Waals surface area (Å²) in [7, 11) is 3.97. The van der Waals surface area contributed by atoms with Gasteiger partial charge in [0.05, 0.1) is 5.75 Å². The smallest absolute Gasteiger partial charge is 0.234 e. The van der Waals surface area contributed by atoms with E-state index >= 15 is 0 Å². The minimum Gasteiger partial charge on any atom is -0.378 e. The quantitative estimate of drug-likeness (QED) is 0.406. The van der Waals surface area contributed by atoms with E-state index in [9.17, 15) is 4.79 Å². The first-order valence-electron chi connectivity index (χ1n) is 10.3. The van der Waals surface area contributed by atoms with Crippen molar-refractivity contribution >= 4 is 29.0 Å². The molecule has 0 spiro atoms. The van der Waals surface area contributed by atoms with Gasteiger partial charge < -0.3 is 10.2 Å². The highest BCUT2D eigenvalue weighted by molar-refractivity contribution is 7.99. The number of hydrogen-bond donors (Lipinski definition) is 1. The Kier molecular flexibility index (Phi) is 6.56. The van der Waals surface area contributed by atoms with E-state index in [0.717, 1.165) is 28.5 Å². The number of benzene rings is 3. The molecule has 0 radical (unpaired) electrons. The molecule has 3 aromatic carbocycles. The summed E-state index contributed by atoms with van der Waals surface area (Å²) < 4.78 is 2.00. The molecule has 0 bridgehead atoms. The van der Waals surface area contributed by atoms with Crippen LogP contribution in [0.15, 0.2) is 84.0 Å². The molecule has 1 amide bonds. The molecule has 4 rings (SSSR count). The normalized spacial score (nSPS) is 10.7. The van der Waals surface area contributed by atoms with Crippen LogP contribution in [0.1, 0.15) is 5.56 Å². The SMILES string of the molecule is Cc1ccc(-n2c(SCC(=O)Nc3ccc(N(C)C)cc3)nnc2-c2ccccc2)cc1. The van der Waals surface area contributed by atoms with E-state index in [1.165, 1.54) is 17.3 Å². The molecule has 0 fully saturated rings. The van der Waals surface area contributed by atoms with Crippen LogP contribution in [0.3, 0.4) is 0 Å². The van der Waals surface area contributed by atoms with Gasteiger partial charge in [0.2, 0.25) is 5.91 Å². The Bertz CT molecular complexity index is 1190. The maximum absolute atomic E-state index is 12.6. The van der Waals surface area contributed by atoms with E-state index in [1.54, 1.807) is 0 Å². The fraction of sp³-hybridized carbons (Fsp3) is 0.160. The lowest BCUT2D eigenvalue weighted by Crippen LogP contribution is -2.15. The van der Waals surface area contributed by atoms with Crippen LogP contribution in [0.2, 0.25) is 0 Å². The van der Waals surface area contributed by atoms with Gasteiger partial charge in [-0.25, -0.2) is 0 Å². The molecule has 1 aromatic heterocycles. The number of carbonyl (C=O) groups excluding carboxylic acids is 1. The second-order valence-electron chi connectivity index (χ2n) is 7.62. The Morgan fingerprint density at radius 3 is 2.28 bits per heavy atom. The van der Waals surface area contributed by atoms with Crippen molar-refractivity contribution in [1.29, 1.82) is 0 Å². The van der Waals surface area contributed by atoms with Gasteiger partial charge in [-0.15, -0.1) is 10.2 Å². The van der Waals surface area contributed by atoms with Gasteiger partial charge in [-0.2, -0.15) is 0 Å². The van der Waals surface area contributed by atoms with Crippen LogP contribution in [0.5, 0.6) is 0 Å². The number of aromatic nitrogens is 3. The van der Waals surface area contributed by atoms with Gasteiger partial charge in [-0.1, -0.05) is 59.8 Å². The van der Waals surface area contributed by atoms with Crippen molar-refractivity contribution < 1.29 is 4.79 Å². The minimum atomic E-state index is -0.0904. The number of anilines is 2. The predicted molar refractivity (Wildman–Crippen MR) is 132 cm³/mol. The van der Waals surface area contributed by atoms with Crippen molar-refractivity contribution in [3.63, 3.8) is 0 Å².